The molecule has 1 fully saturated rings. The zero-order valence-electron chi connectivity index (χ0n) is 34.2. The predicted molar refractivity (Wildman–Crippen MR) is 228 cm³/mol. The van der Waals surface area contributed by atoms with Crippen LogP contribution in [0.25, 0.3) is 21.0 Å². The summed E-state index contributed by atoms with van der Waals surface area (Å²) in [5.74, 6) is -0.359. The van der Waals surface area contributed by atoms with Crippen molar-refractivity contribution in [3.05, 3.63) is 135 Å². The lowest BCUT2D eigenvalue weighted by atomic mass is 10.0. The third-order valence-electron chi connectivity index (χ3n) is 11.1. The molecule has 0 saturated carbocycles. The van der Waals surface area contributed by atoms with Crippen LogP contribution in [-0.2, 0) is 42.1 Å². The Balaban J connectivity index is 1.44. The third-order valence-corrected chi connectivity index (χ3v) is 17.3. The minimum absolute atomic E-state index is 0.0402. The number of nitrogens with zero attached hydrogens (tertiary/aromatic N) is 3. The van der Waals surface area contributed by atoms with E-state index in [1.54, 1.807) is 31.7 Å². The van der Waals surface area contributed by atoms with E-state index in [4.69, 9.17) is 23.1 Å². The van der Waals surface area contributed by atoms with Crippen LogP contribution in [0.15, 0.2) is 111 Å². The maximum Gasteiger partial charge on any atom is 0.333 e. The number of benzene rings is 3. The molecular weight excluding hydrogens is 771 g/mol. The quantitative estimate of drug-likeness (QED) is 0.112. The monoisotopic (exact) mass is 821 g/mol. The minimum atomic E-state index is -3.44. The molecule has 1 aliphatic heterocycles. The van der Waals surface area contributed by atoms with Gasteiger partial charge in [0.25, 0.3) is 5.56 Å². The molecule has 13 heteroatoms. The summed E-state index contributed by atoms with van der Waals surface area (Å²) < 4.78 is 33.5. The van der Waals surface area contributed by atoms with Crippen LogP contribution in [0.4, 0.5) is 0 Å². The van der Waals surface area contributed by atoms with Crippen LogP contribution in [0.3, 0.4) is 0 Å². The molecule has 1 atom stereocenters. The van der Waals surface area contributed by atoms with Crippen molar-refractivity contribution >= 4 is 46.2 Å². The standard InChI is InChI=1S/C45H51N3O8SSi/c1-30-37-40(49)48(45(5,6)42(50)56-58(44(2,3)4,33-17-10-8-11-18-33)34-19-12-9-13-20-34)43(51)47(41(37)57-38(30)39-46-24-27-54-39)28-36(55-32-22-25-53-26-23-32)35-21-15-14-16-31(35)29-52-7/h8-21,24,27,32,36H,22-23,25-26,28-29H2,1-7H3/t36-/m0/s1. The molecule has 11 nitrogen and oxygen atoms in total. The molecule has 304 valence electrons. The van der Waals surface area contributed by atoms with Gasteiger partial charge >= 0.3 is 20.0 Å². The van der Waals surface area contributed by atoms with E-state index in [0.717, 1.165) is 26.1 Å². The highest BCUT2D eigenvalue weighted by Crippen LogP contribution is 2.40. The van der Waals surface area contributed by atoms with Crippen molar-refractivity contribution in [2.45, 2.75) is 90.3 Å². The summed E-state index contributed by atoms with van der Waals surface area (Å²) in [5, 5.41) is 1.53. The number of hydrogen-bond donors (Lipinski definition) is 0. The second-order valence-electron chi connectivity index (χ2n) is 16.3. The largest absolute Gasteiger partial charge is 0.508 e. The highest BCUT2D eigenvalue weighted by molar-refractivity contribution is 7.22. The van der Waals surface area contributed by atoms with Gasteiger partial charge in [0.15, 0.2) is 0 Å². The van der Waals surface area contributed by atoms with E-state index in [9.17, 15) is 0 Å². The first kappa shape index (κ1) is 41.2. The summed E-state index contributed by atoms with van der Waals surface area (Å²) in [6.07, 6.45) is 3.65. The number of carbonyl (C=O) groups is 1. The van der Waals surface area contributed by atoms with Gasteiger partial charge in [0, 0.05) is 20.3 Å². The fraction of sp³-hybridized carbons (Fsp3) is 0.378. The molecule has 0 N–H and O–H groups in total. The summed E-state index contributed by atoms with van der Waals surface area (Å²) in [6.45, 7) is 12.7. The van der Waals surface area contributed by atoms with Crippen molar-refractivity contribution in [3.63, 3.8) is 0 Å². The van der Waals surface area contributed by atoms with Gasteiger partial charge in [0.1, 0.15) is 22.7 Å². The lowest BCUT2D eigenvalue weighted by Crippen LogP contribution is -2.69. The third kappa shape index (κ3) is 7.57. The maximum atomic E-state index is 15.3. The number of oxazole rings is 1. The van der Waals surface area contributed by atoms with Crippen LogP contribution in [0, 0.1) is 6.92 Å². The van der Waals surface area contributed by atoms with Crippen LogP contribution in [0.5, 0.6) is 0 Å². The zero-order valence-corrected chi connectivity index (χ0v) is 36.0. The van der Waals surface area contributed by atoms with E-state index in [2.05, 4.69) is 25.8 Å². The van der Waals surface area contributed by atoms with E-state index >= 15 is 14.4 Å². The number of methoxy groups -OCH3 is 1. The highest BCUT2D eigenvalue weighted by atomic mass is 32.1. The predicted octanol–water partition coefficient (Wildman–Crippen LogP) is 7.11. The lowest BCUT2D eigenvalue weighted by molar-refractivity contribution is -0.144. The second kappa shape index (κ2) is 16.7. The molecule has 1 aliphatic rings. The normalized spacial score (nSPS) is 14.8. The van der Waals surface area contributed by atoms with Gasteiger partial charge in [-0.1, -0.05) is 106 Å². The first-order chi connectivity index (χ1) is 27.8. The smallest absolute Gasteiger partial charge is 0.333 e. The van der Waals surface area contributed by atoms with E-state index in [1.807, 2.05) is 91.9 Å². The summed E-state index contributed by atoms with van der Waals surface area (Å²) in [7, 11) is -1.80. The molecule has 0 radical (unpaired) electrons. The number of hydrogen-bond acceptors (Lipinski definition) is 10. The lowest BCUT2D eigenvalue weighted by Gasteiger charge is -2.43. The van der Waals surface area contributed by atoms with E-state index in [0.29, 0.717) is 59.2 Å². The molecule has 0 unspecified atom stereocenters. The van der Waals surface area contributed by atoms with E-state index in [-0.39, 0.29) is 12.6 Å². The summed E-state index contributed by atoms with van der Waals surface area (Å²) in [4.78, 5) is 50.9. The summed E-state index contributed by atoms with van der Waals surface area (Å²) >= 11 is 1.25. The molecule has 4 heterocycles. The number of aryl methyl sites for hydroxylation is 1. The Morgan fingerprint density at radius 2 is 1.55 bits per heavy atom. The minimum Gasteiger partial charge on any atom is -0.508 e. The van der Waals surface area contributed by atoms with Gasteiger partial charge < -0.3 is 23.1 Å². The Morgan fingerprint density at radius 1 is 0.931 bits per heavy atom. The molecular formula is C45H51N3O8SSi. The fourth-order valence-electron chi connectivity index (χ4n) is 8.10. The Labute approximate surface area is 343 Å². The Kier molecular flexibility index (Phi) is 11.9. The Hall–Kier alpha value is -4.92. The Morgan fingerprint density at radius 3 is 2.14 bits per heavy atom. The number of carbonyl (C=O) groups excluding carboxylic acids is 1. The summed E-state index contributed by atoms with van der Waals surface area (Å²) in [5.41, 5.74) is -0.662. The van der Waals surface area contributed by atoms with E-state index < -0.39 is 42.2 Å². The average molecular weight is 822 g/mol. The van der Waals surface area contributed by atoms with Gasteiger partial charge in [-0.25, -0.2) is 14.3 Å². The summed E-state index contributed by atoms with van der Waals surface area (Å²) in [6, 6.07) is 27.5. The van der Waals surface area contributed by atoms with Gasteiger partial charge in [0.05, 0.1) is 35.7 Å². The molecule has 58 heavy (non-hydrogen) atoms. The number of ether oxygens (including phenoxy) is 3. The molecule has 3 aromatic carbocycles. The number of fused-ring (bicyclic) bond motifs is 1. The molecule has 0 amide bonds. The highest BCUT2D eigenvalue weighted by Gasteiger charge is 2.55. The second-order valence-corrected chi connectivity index (χ2v) is 21.5. The topological polar surface area (TPSA) is 124 Å². The Bertz CT molecular complexity index is 2440. The molecule has 1 saturated heterocycles. The maximum absolute atomic E-state index is 15.3. The van der Waals surface area contributed by atoms with Crippen LogP contribution >= 0.6 is 11.3 Å². The van der Waals surface area contributed by atoms with Crippen molar-refractivity contribution in [1.82, 2.24) is 14.1 Å². The van der Waals surface area contributed by atoms with E-state index in [1.165, 1.54) is 17.6 Å². The number of aromatic nitrogens is 3. The van der Waals surface area contributed by atoms with Crippen molar-refractivity contribution < 1.29 is 27.8 Å². The van der Waals surface area contributed by atoms with Crippen LogP contribution in [0.2, 0.25) is 5.04 Å². The van der Waals surface area contributed by atoms with Crippen molar-refractivity contribution in [3.8, 4) is 10.8 Å². The molecule has 3 aromatic heterocycles. The first-order valence-electron chi connectivity index (χ1n) is 19.6. The number of thiophene rings is 1. The van der Waals surface area contributed by atoms with Gasteiger partial charge in [-0.15, -0.1) is 11.3 Å². The van der Waals surface area contributed by atoms with Crippen molar-refractivity contribution in [1.29, 1.82) is 0 Å². The molecule has 6 aromatic rings. The van der Waals surface area contributed by atoms with Crippen molar-refractivity contribution in [2.75, 3.05) is 20.3 Å². The molecule has 0 bridgehead atoms. The molecule has 0 aliphatic carbocycles. The fourth-order valence-corrected chi connectivity index (χ4v) is 13.8. The van der Waals surface area contributed by atoms with Crippen LogP contribution < -0.4 is 21.6 Å². The SMILES string of the molecule is COCc1ccccc1[C@H](Cn1c(=O)n(C(C)(C)C(=O)O[Si](c2ccccc2)(c2ccccc2)C(C)(C)C)c(=O)c2c(C)c(-c3ncco3)sc21)OC1CCOCC1. The van der Waals surface area contributed by atoms with Gasteiger partial charge in [-0.3, -0.25) is 14.2 Å². The van der Waals surface area contributed by atoms with Crippen molar-refractivity contribution in [2.24, 2.45) is 0 Å². The van der Waals surface area contributed by atoms with Gasteiger partial charge in [-0.2, -0.15) is 0 Å². The average Bonchev–Trinajstić information content (AvgIpc) is 3.87. The molecule has 7 rings (SSSR count). The number of rotatable bonds is 13. The van der Waals surface area contributed by atoms with Gasteiger partial charge in [-0.05, 0) is 65.7 Å². The van der Waals surface area contributed by atoms with Crippen LogP contribution in [0.1, 0.15) is 70.3 Å². The van der Waals surface area contributed by atoms with Crippen LogP contribution in [-0.4, -0.2) is 54.8 Å². The zero-order chi connectivity index (χ0) is 41.2. The molecule has 0 spiro atoms. The van der Waals surface area contributed by atoms with Gasteiger partial charge in [0.2, 0.25) is 5.89 Å². The first-order valence-corrected chi connectivity index (χ1v) is 22.4.